The lowest BCUT2D eigenvalue weighted by molar-refractivity contribution is 0.0945. The van der Waals surface area contributed by atoms with Gasteiger partial charge in [0.15, 0.2) is 0 Å². The van der Waals surface area contributed by atoms with Gasteiger partial charge in [0.25, 0.3) is 5.91 Å². The molecule has 0 saturated carbocycles. The van der Waals surface area contributed by atoms with E-state index in [1.807, 2.05) is 31.2 Å². The molecule has 0 aliphatic rings. The summed E-state index contributed by atoms with van der Waals surface area (Å²) in [7, 11) is 1.61. The number of para-hydroxylation sites is 1. The van der Waals surface area contributed by atoms with Crippen LogP contribution >= 0.6 is 0 Å². The molecule has 0 aliphatic carbocycles. The summed E-state index contributed by atoms with van der Waals surface area (Å²) in [5, 5.41) is 9.32. The number of aryl methyl sites for hydroxylation is 1. The highest BCUT2D eigenvalue weighted by atomic mass is 16.5. The molecule has 1 aromatic carbocycles. The molecule has 18 heavy (non-hydrogen) atoms. The van der Waals surface area contributed by atoms with Crippen molar-refractivity contribution in [3.63, 3.8) is 0 Å². The van der Waals surface area contributed by atoms with Gasteiger partial charge in [-0.05, 0) is 18.6 Å². The van der Waals surface area contributed by atoms with E-state index in [1.165, 1.54) is 0 Å². The normalized spacial score (nSPS) is 10.1. The van der Waals surface area contributed by atoms with Gasteiger partial charge in [-0.1, -0.05) is 18.2 Å². The Balaban J connectivity index is 2.04. The molecule has 1 aromatic heterocycles. The molecule has 2 N–H and O–H groups in total. The third-order valence-electron chi connectivity index (χ3n) is 2.69. The van der Waals surface area contributed by atoms with Crippen LogP contribution in [0.3, 0.4) is 0 Å². The van der Waals surface area contributed by atoms with Crippen molar-refractivity contribution in [3.8, 4) is 5.75 Å². The van der Waals surface area contributed by atoms with E-state index in [0.29, 0.717) is 12.2 Å². The molecule has 0 unspecified atom stereocenters. The topological polar surface area (TPSA) is 67.0 Å². The van der Waals surface area contributed by atoms with E-state index in [0.717, 1.165) is 16.9 Å². The van der Waals surface area contributed by atoms with E-state index >= 15 is 0 Å². The highest BCUT2D eigenvalue weighted by Crippen LogP contribution is 2.16. The van der Waals surface area contributed by atoms with E-state index < -0.39 is 0 Å². The second kappa shape index (κ2) is 5.35. The number of amides is 1. The van der Waals surface area contributed by atoms with Crippen LogP contribution < -0.4 is 10.1 Å². The van der Waals surface area contributed by atoms with Crippen LogP contribution in [0.1, 0.15) is 21.6 Å². The van der Waals surface area contributed by atoms with E-state index in [4.69, 9.17) is 4.74 Å². The number of rotatable bonds is 4. The van der Waals surface area contributed by atoms with E-state index in [2.05, 4.69) is 15.5 Å². The molecule has 94 valence electrons. The van der Waals surface area contributed by atoms with Crippen molar-refractivity contribution in [2.24, 2.45) is 0 Å². The summed E-state index contributed by atoms with van der Waals surface area (Å²) in [6, 6.07) is 7.58. The zero-order valence-electron chi connectivity index (χ0n) is 10.4. The molecular weight excluding hydrogens is 230 g/mol. The predicted molar refractivity (Wildman–Crippen MR) is 67.5 cm³/mol. The molecule has 0 aliphatic heterocycles. The molecule has 0 radical (unpaired) electrons. The first kappa shape index (κ1) is 12.2. The Morgan fingerprint density at radius 3 is 2.89 bits per heavy atom. The zero-order valence-corrected chi connectivity index (χ0v) is 10.4. The molecule has 1 heterocycles. The van der Waals surface area contributed by atoms with Crippen molar-refractivity contribution >= 4 is 5.91 Å². The highest BCUT2D eigenvalue weighted by Gasteiger charge is 2.11. The van der Waals surface area contributed by atoms with Gasteiger partial charge in [-0.25, -0.2) is 0 Å². The van der Waals surface area contributed by atoms with Crippen molar-refractivity contribution in [3.05, 3.63) is 47.3 Å². The van der Waals surface area contributed by atoms with E-state index in [9.17, 15) is 4.79 Å². The van der Waals surface area contributed by atoms with Crippen LogP contribution in [0.5, 0.6) is 5.75 Å². The maximum absolute atomic E-state index is 11.9. The van der Waals surface area contributed by atoms with Crippen LogP contribution in [0.15, 0.2) is 30.5 Å². The summed E-state index contributed by atoms with van der Waals surface area (Å²) in [4.78, 5) is 11.9. The number of aromatic amines is 1. The van der Waals surface area contributed by atoms with Crippen LogP contribution in [0.4, 0.5) is 0 Å². The molecule has 0 fully saturated rings. The van der Waals surface area contributed by atoms with Gasteiger partial charge in [0.05, 0.1) is 13.3 Å². The summed E-state index contributed by atoms with van der Waals surface area (Å²) < 4.78 is 5.22. The van der Waals surface area contributed by atoms with Crippen LogP contribution in [-0.2, 0) is 6.54 Å². The Kier molecular flexibility index (Phi) is 3.62. The standard InChI is InChI=1S/C13H15N3O2/c1-9-7-15-16-12(9)13(17)14-8-10-5-3-4-6-11(10)18-2/h3-7H,8H2,1-2H3,(H,14,17)(H,15,16). The maximum atomic E-state index is 11.9. The number of aromatic nitrogens is 2. The molecule has 2 aromatic rings. The first-order valence-electron chi connectivity index (χ1n) is 5.62. The maximum Gasteiger partial charge on any atom is 0.269 e. The second-order valence-electron chi connectivity index (χ2n) is 3.92. The summed E-state index contributed by atoms with van der Waals surface area (Å²) in [5.41, 5.74) is 2.25. The number of carbonyl (C=O) groups excluding carboxylic acids is 1. The Hall–Kier alpha value is -2.30. The van der Waals surface area contributed by atoms with Gasteiger partial charge in [-0.15, -0.1) is 0 Å². The number of ether oxygens (including phenoxy) is 1. The monoisotopic (exact) mass is 245 g/mol. The fraction of sp³-hybridized carbons (Fsp3) is 0.231. The Morgan fingerprint density at radius 2 is 2.22 bits per heavy atom. The molecule has 0 bridgehead atoms. The number of benzene rings is 1. The molecule has 2 rings (SSSR count). The van der Waals surface area contributed by atoms with E-state index in [-0.39, 0.29) is 5.91 Å². The van der Waals surface area contributed by atoms with Crippen molar-refractivity contribution in [2.45, 2.75) is 13.5 Å². The third-order valence-corrected chi connectivity index (χ3v) is 2.69. The van der Waals surface area contributed by atoms with Crippen molar-refractivity contribution in [1.82, 2.24) is 15.5 Å². The minimum Gasteiger partial charge on any atom is -0.496 e. The molecule has 1 amide bonds. The third kappa shape index (κ3) is 2.51. The van der Waals surface area contributed by atoms with Gasteiger partial charge in [0.2, 0.25) is 0 Å². The number of nitrogens with one attached hydrogen (secondary N) is 2. The smallest absolute Gasteiger partial charge is 0.269 e. The van der Waals surface area contributed by atoms with Gasteiger partial charge < -0.3 is 10.1 Å². The van der Waals surface area contributed by atoms with Gasteiger partial charge in [0.1, 0.15) is 11.4 Å². The summed E-state index contributed by atoms with van der Waals surface area (Å²) in [6.07, 6.45) is 1.62. The van der Waals surface area contributed by atoms with Crippen LogP contribution in [0.25, 0.3) is 0 Å². The van der Waals surface area contributed by atoms with Gasteiger partial charge in [-0.2, -0.15) is 5.10 Å². The van der Waals surface area contributed by atoms with Crippen molar-refractivity contribution in [2.75, 3.05) is 7.11 Å². The molecule has 0 saturated heterocycles. The number of nitrogens with zero attached hydrogens (tertiary/aromatic N) is 1. The molecule has 0 spiro atoms. The quantitative estimate of drug-likeness (QED) is 0.860. The lowest BCUT2D eigenvalue weighted by atomic mass is 10.2. The average molecular weight is 245 g/mol. The lowest BCUT2D eigenvalue weighted by Gasteiger charge is -2.09. The van der Waals surface area contributed by atoms with Gasteiger partial charge >= 0.3 is 0 Å². The van der Waals surface area contributed by atoms with Crippen LogP contribution in [0, 0.1) is 6.92 Å². The number of carbonyl (C=O) groups is 1. The fourth-order valence-electron chi connectivity index (χ4n) is 1.69. The van der Waals surface area contributed by atoms with Gasteiger partial charge in [-0.3, -0.25) is 9.89 Å². The lowest BCUT2D eigenvalue weighted by Crippen LogP contribution is -2.24. The largest absolute Gasteiger partial charge is 0.496 e. The summed E-state index contributed by atoms with van der Waals surface area (Å²) >= 11 is 0. The number of hydrogen-bond acceptors (Lipinski definition) is 3. The fourth-order valence-corrected chi connectivity index (χ4v) is 1.69. The average Bonchev–Trinajstić information content (AvgIpc) is 2.82. The van der Waals surface area contributed by atoms with E-state index in [1.54, 1.807) is 13.3 Å². The second-order valence-corrected chi connectivity index (χ2v) is 3.92. The zero-order chi connectivity index (χ0) is 13.0. The highest BCUT2D eigenvalue weighted by molar-refractivity contribution is 5.93. The minimum atomic E-state index is -0.170. The summed E-state index contributed by atoms with van der Waals surface area (Å²) in [6.45, 7) is 2.25. The van der Waals surface area contributed by atoms with Crippen molar-refractivity contribution in [1.29, 1.82) is 0 Å². The SMILES string of the molecule is COc1ccccc1CNC(=O)c1[nH]ncc1C. The first-order valence-corrected chi connectivity index (χ1v) is 5.62. The Morgan fingerprint density at radius 1 is 1.44 bits per heavy atom. The minimum absolute atomic E-state index is 0.170. The molecular formula is C13H15N3O2. The predicted octanol–water partition coefficient (Wildman–Crippen LogP) is 1.66. The van der Waals surface area contributed by atoms with Crippen LogP contribution in [0.2, 0.25) is 0 Å². The van der Waals surface area contributed by atoms with Crippen molar-refractivity contribution < 1.29 is 9.53 Å². The molecule has 5 nitrogen and oxygen atoms in total. The molecule has 0 atom stereocenters. The summed E-state index contributed by atoms with van der Waals surface area (Å²) in [5.74, 6) is 0.593. The van der Waals surface area contributed by atoms with Crippen LogP contribution in [-0.4, -0.2) is 23.2 Å². The Labute approximate surface area is 105 Å². The first-order chi connectivity index (χ1) is 8.72. The molecule has 5 heteroatoms. The number of hydrogen-bond donors (Lipinski definition) is 2. The number of methoxy groups -OCH3 is 1. The van der Waals surface area contributed by atoms with Gasteiger partial charge in [0, 0.05) is 12.1 Å². The Bertz CT molecular complexity index is 549. The number of H-pyrrole nitrogens is 1.